The van der Waals surface area contributed by atoms with E-state index in [2.05, 4.69) is 42.5 Å². The van der Waals surface area contributed by atoms with Crippen molar-refractivity contribution in [2.75, 3.05) is 13.7 Å². The predicted octanol–water partition coefficient (Wildman–Crippen LogP) is 2.79. The van der Waals surface area contributed by atoms with Gasteiger partial charge in [-0.3, -0.25) is 0 Å². The smallest absolute Gasteiger partial charge is 0.122 e. The molecule has 0 aliphatic rings. The van der Waals surface area contributed by atoms with Crippen LogP contribution in [0.25, 0.3) is 0 Å². The molecule has 2 N–H and O–H groups in total. The fourth-order valence-electron chi connectivity index (χ4n) is 2.09. The Labute approximate surface area is 108 Å². The van der Waals surface area contributed by atoms with E-state index in [4.69, 9.17) is 10.5 Å². The van der Waals surface area contributed by atoms with Gasteiger partial charge in [0.05, 0.1) is 7.11 Å². The summed E-state index contributed by atoms with van der Waals surface area (Å²) < 4.78 is 5.42. The lowest BCUT2D eigenvalue weighted by atomic mass is 10.0. The van der Waals surface area contributed by atoms with Crippen molar-refractivity contribution in [1.29, 1.82) is 0 Å². The number of methoxy groups -OCH3 is 1. The van der Waals surface area contributed by atoms with E-state index in [-0.39, 0.29) is 0 Å². The van der Waals surface area contributed by atoms with Gasteiger partial charge in [0.25, 0.3) is 0 Å². The van der Waals surface area contributed by atoms with Crippen molar-refractivity contribution in [3.05, 3.63) is 65.2 Å². The van der Waals surface area contributed by atoms with Crippen LogP contribution in [0, 0.1) is 0 Å². The van der Waals surface area contributed by atoms with Crippen LogP contribution in [0.2, 0.25) is 0 Å². The van der Waals surface area contributed by atoms with Crippen LogP contribution < -0.4 is 10.5 Å². The van der Waals surface area contributed by atoms with E-state index < -0.39 is 0 Å². The Balaban J connectivity index is 2.19. The van der Waals surface area contributed by atoms with Gasteiger partial charge in [0.15, 0.2) is 0 Å². The number of nitrogens with two attached hydrogens (primary N) is 1. The Bertz CT molecular complexity index is 494. The van der Waals surface area contributed by atoms with E-state index in [1.807, 2.05) is 6.07 Å². The minimum atomic E-state index is 0.647. The summed E-state index contributed by atoms with van der Waals surface area (Å²) in [6.07, 6.45) is 1.79. The van der Waals surface area contributed by atoms with Crippen LogP contribution >= 0.6 is 0 Å². The van der Waals surface area contributed by atoms with Crippen molar-refractivity contribution in [3.63, 3.8) is 0 Å². The third-order valence-corrected chi connectivity index (χ3v) is 3.02. The maximum Gasteiger partial charge on any atom is 0.122 e. The van der Waals surface area contributed by atoms with Gasteiger partial charge in [-0.15, -0.1) is 0 Å². The lowest BCUT2D eigenvalue weighted by Gasteiger charge is -2.10. The number of rotatable bonds is 5. The standard InChI is InChI=1S/C16H19NO/c1-18-16-12-14(7-8-15(16)9-10-17)11-13-5-3-2-4-6-13/h2-8,12H,9-11,17H2,1H3. The molecule has 0 atom stereocenters. The first-order valence-electron chi connectivity index (χ1n) is 6.23. The van der Waals surface area contributed by atoms with Gasteiger partial charge in [0.2, 0.25) is 0 Å². The highest BCUT2D eigenvalue weighted by Gasteiger charge is 2.04. The molecule has 0 amide bonds. The maximum atomic E-state index is 5.59. The lowest BCUT2D eigenvalue weighted by molar-refractivity contribution is 0.409. The molecule has 0 bridgehead atoms. The zero-order valence-electron chi connectivity index (χ0n) is 10.7. The summed E-state index contributed by atoms with van der Waals surface area (Å²) in [6.45, 7) is 0.647. The second-order valence-electron chi connectivity index (χ2n) is 4.35. The summed E-state index contributed by atoms with van der Waals surface area (Å²) >= 11 is 0. The number of hydrogen-bond donors (Lipinski definition) is 1. The van der Waals surface area contributed by atoms with Crippen molar-refractivity contribution in [2.45, 2.75) is 12.8 Å². The predicted molar refractivity (Wildman–Crippen MR) is 75.0 cm³/mol. The third kappa shape index (κ3) is 3.11. The largest absolute Gasteiger partial charge is 0.496 e. The molecule has 0 aliphatic heterocycles. The van der Waals surface area contributed by atoms with Crippen LogP contribution in [0.5, 0.6) is 5.75 Å². The molecular formula is C16H19NO. The van der Waals surface area contributed by atoms with Crippen LogP contribution in [0.4, 0.5) is 0 Å². The molecule has 94 valence electrons. The molecule has 2 aromatic carbocycles. The summed E-state index contributed by atoms with van der Waals surface area (Å²) in [5, 5.41) is 0. The number of benzene rings is 2. The van der Waals surface area contributed by atoms with Gasteiger partial charge in [0, 0.05) is 0 Å². The second kappa shape index (κ2) is 6.22. The molecular weight excluding hydrogens is 222 g/mol. The normalized spacial score (nSPS) is 10.3. The van der Waals surface area contributed by atoms with Crippen LogP contribution in [-0.4, -0.2) is 13.7 Å². The molecule has 2 rings (SSSR count). The van der Waals surface area contributed by atoms with Gasteiger partial charge >= 0.3 is 0 Å². The van der Waals surface area contributed by atoms with E-state index in [9.17, 15) is 0 Å². The highest BCUT2D eigenvalue weighted by molar-refractivity contribution is 5.39. The van der Waals surface area contributed by atoms with Crippen molar-refractivity contribution >= 4 is 0 Å². The zero-order chi connectivity index (χ0) is 12.8. The van der Waals surface area contributed by atoms with Gasteiger partial charge in [-0.25, -0.2) is 0 Å². The van der Waals surface area contributed by atoms with Crippen LogP contribution in [0.1, 0.15) is 16.7 Å². The zero-order valence-corrected chi connectivity index (χ0v) is 10.7. The SMILES string of the molecule is COc1cc(Cc2ccccc2)ccc1CCN. The average molecular weight is 241 g/mol. The number of ether oxygens (including phenoxy) is 1. The highest BCUT2D eigenvalue weighted by Crippen LogP contribution is 2.22. The molecule has 18 heavy (non-hydrogen) atoms. The molecule has 2 nitrogen and oxygen atoms in total. The van der Waals surface area contributed by atoms with Gasteiger partial charge in [-0.1, -0.05) is 42.5 Å². The highest BCUT2D eigenvalue weighted by atomic mass is 16.5. The molecule has 2 aromatic rings. The molecule has 0 unspecified atom stereocenters. The lowest BCUT2D eigenvalue weighted by Crippen LogP contribution is -2.04. The van der Waals surface area contributed by atoms with Gasteiger partial charge < -0.3 is 10.5 Å². The van der Waals surface area contributed by atoms with Crippen molar-refractivity contribution < 1.29 is 4.74 Å². The Morgan fingerprint density at radius 1 is 1.00 bits per heavy atom. The van der Waals surface area contributed by atoms with Gasteiger partial charge in [-0.2, -0.15) is 0 Å². The van der Waals surface area contributed by atoms with Gasteiger partial charge in [0.1, 0.15) is 5.75 Å². The summed E-state index contributed by atoms with van der Waals surface area (Å²) in [5.41, 5.74) is 9.34. The topological polar surface area (TPSA) is 35.2 Å². The Hall–Kier alpha value is -1.80. The summed E-state index contributed by atoms with van der Waals surface area (Å²) in [5.74, 6) is 0.939. The van der Waals surface area contributed by atoms with Crippen LogP contribution in [-0.2, 0) is 12.8 Å². The maximum absolute atomic E-state index is 5.59. The Morgan fingerprint density at radius 3 is 2.44 bits per heavy atom. The molecule has 0 fully saturated rings. The van der Waals surface area contributed by atoms with E-state index in [0.717, 1.165) is 18.6 Å². The minimum absolute atomic E-state index is 0.647. The first kappa shape index (κ1) is 12.7. The minimum Gasteiger partial charge on any atom is -0.496 e. The first-order chi connectivity index (χ1) is 8.83. The first-order valence-corrected chi connectivity index (χ1v) is 6.23. The molecule has 0 spiro atoms. The van der Waals surface area contributed by atoms with E-state index in [0.29, 0.717) is 6.54 Å². The molecule has 0 heterocycles. The van der Waals surface area contributed by atoms with Crippen molar-refractivity contribution in [2.24, 2.45) is 5.73 Å². The van der Waals surface area contributed by atoms with Crippen molar-refractivity contribution in [1.82, 2.24) is 0 Å². The summed E-state index contributed by atoms with van der Waals surface area (Å²) in [7, 11) is 1.71. The molecule has 0 radical (unpaired) electrons. The van der Waals surface area contributed by atoms with Crippen LogP contribution in [0.3, 0.4) is 0 Å². The average Bonchev–Trinajstić information content (AvgIpc) is 2.42. The fourth-order valence-corrected chi connectivity index (χ4v) is 2.09. The molecule has 0 aromatic heterocycles. The van der Waals surface area contributed by atoms with Gasteiger partial charge in [-0.05, 0) is 42.1 Å². The third-order valence-electron chi connectivity index (χ3n) is 3.02. The quantitative estimate of drug-likeness (QED) is 0.873. The number of hydrogen-bond acceptors (Lipinski definition) is 2. The fraction of sp³-hybridized carbons (Fsp3) is 0.250. The van der Waals surface area contributed by atoms with E-state index in [1.54, 1.807) is 7.11 Å². The van der Waals surface area contributed by atoms with E-state index >= 15 is 0 Å². The molecule has 2 heteroatoms. The molecule has 0 saturated carbocycles. The Kier molecular flexibility index (Phi) is 4.37. The van der Waals surface area contributed by atoms with E-state index in [1.165, 1.54) is 16.7 Å². The monoisotopic (exact) mass is 241 g/mol. The van der Waals surface area contributed by atoms with Crippen molar-refractivity contribution in [3.8, 4) is 5.75 Å². The molecule has 0 saturated heterocycles. The second-order valence-corrected chi connectivity index (χ2v) is 4.35. The van der Waals surface area contributed by atoms with Crippen LogP contribution in [0.15, 0.2) is 48.5 Å². The summed E-state index contributed by atoms with van der Waals surface area (Å²) in [4.78, 5) is 0. The Morgan fingerprint density at radius 2 is 1.78 bits per heavy atom. The molecule has 0 aliphatic carbocycles. The summed E-state index contributed by atoms with van der Waals surface area (Å²) in [6, 6.07) is 16.8.